The average molecular weight is 312 g/mol. The summed E-state index contributed by atoms with van der Waals surface area (Å²) < 4.78 is 19.1. The SMILES string of the molecule is CCOC(=O)C(C[Si](C)(C)C)(C(=O)O)c1ccccc1F. The van der Waals surface area contributed by atoms with Crippen molar-refractivity contribution in [1.29, 1.82) is 0 Å². The van der Waals surface area contributed by atoms with Crippen LogP contribution < -0.4 is 0 Å². The fourth-order valence-corrected chi connectivity index (χ4v) is 4.49. The molecule has 0 aliphatic rings. The van der Waals surface area contributed by atoms with Gasteiger partial charge >= 0.3 is 11.9 Å². The maximum absolute atomic E-state index is 14.2. The topological polar surface area (TPSA) is 63.6 Å². The van der Waals surface area contributed by atoms with Crippen molar-refractivity contribution in [2.24, 2.45) is 0 Å². The number of benzene rings is 1. The van der Waals surface area contributed by atoms with Crippen molar-refractivity contribution in [2.45, 2.75) is 38.0 Å². The van der Waals surface area contributed by atoms with E-state index in [1.54, 1.807) is 6.92 Å². The summed E-state index contributed by atoms with van der Waals surface area (Å²) in [5, 5.41) is 9.72. The van der Waals surface area contributed by atoms with E-state index >= 15 is 0 Å². The second kappa shape index (κ2) is 6.38. The van der Waals surface area contributed by atoms with Gasteiger partial charge in [0.15, 0.2) is 5.41 Å². The fraction of sp³-hybridized carbons (Fsp3) is 0.467. The fourth-order valence-electron chi connectivity index (χ4n) is 2.41. The number of ether oxygens (including phenoxy) is 1. The molecular weight excluding hydrogens is 291 g/mol. The summed E-state index contributed by atoms with van der Waals surface area (Å²) in [5.74, 6) is -2.97. The molecule has 1 rings (SSSR count). The summed E-state index contributed by atoms with van der Waals surface area (Å²) in [6, 6.07) is 5.58. The van der Waals surface area contributed by atoms with Gasteiger partial charge in [-0.05, 0) is 19.0 Å². The Hall–Kier alpha value is -1.69. The summed E-state index contributed by atoms with van der Waals surface area (Å²) in [7, 11) is -2.00. The minimum absolute atomic E-state index is 0.0496. The monoisotopic (exact) mass is 312 g/mol. The van der Waals surface area contributed by atoms with Gasteiger partial charge in [0.2, 0.25) is 0 Å². The van der Waals surface area contributed by atoms with Crippen molar-refractivity contribution in [1.82, 2.24) is 0 Å². The number of carbonyl (C=O) groups is 2. The normalized spacial score (nSPS) is 14.3. The van der Waals surface area contributed by atoms with Crippen LogP contribution in [0.5, 0.6) is 0 Å². The predicted molar refractivity (Wildman–Crippen MR) is 80.5 cm³/mol. The van der Waals surface area contributed by atoms with E-state index in [-0.39, 0.29) is 18.2 Å². The lowest BCUT2D eigenvalue weighted by Crippen LogP contribution is -2.50. The summed E-state index contributed by atoms with van der Waals surface area (Å²) in [5.41, 5.74) is -2.11. The molecule has 21 heavy (non-hydrogen) atoms. The molecule has 0 saturated carbocycles. The maximum Gasteiger partial charge on any atom is 0.327 e. The van der Waals surface area contributed by atoms with Gasteiger partial charge in [0.1, 0.15) is 5.82 Å². The maximum atomic E-state index is 14.2. The summed E-state index contributed by atoms with van der Waals surface area (Å²) in [6.45, 7) is 7.45. The van der Waals surface area contributed by atoms with Crippen LogP contribution in [0.15, 0.2) is 24.3 Å². The third kappa shape index (κ3) is 3.69. The molecule has 4 nitrogen and oxygen atoms in total. The Morgan fingerprint density at radius 1 is 1.29 bits per heavy atom. The molecule has 6 heteroatoms. The number of esters is 1. The zero-order valence-electron chi connectivity index (χ0n) is 12.8. The molecule has 0 radical (unpaired) electrons. The zero-order chi connectivity index (χ0) is 16.3. The predicted octanol–water partition coefficient (Wildman–Crippen LogP) is 3.05. The lowest BCUT2D eigenvalue weighted by molar-refractivity contribution is -0.160. The van der Waals surface area contributed by atoms with E-state index in [0.29, 0.717) is 0 Å². The van der Waals surface area contributed by atoms with Gasteiger partial charge in [-0.3, -0.25) is 9.59 Å². The Morgan fingerprint density at radius 2 is 1.86 bits per heavy atom. The van der Waals surface area contributed by atoms with Crippen LogP contribution in [0.1, 0.15) is 12.5 Å². The number of carboxylic acid groups (broad SMARTS) is 1. The minimum Gasteiger partial charge on any atom is -0.480 e. The van der Waals surface area contributed by atoms with Crippen LogP contribution in [0.3, 0.4) is 0 Å². The van der Waals surface area contributed by atoms with Crippen molar-refractivity contribution in [2.75, 3.05) is 6.61 Å². The highest BCUT2D eigenvalue weighted by atomic mass is 28.3. The first-order valence-corrected chi connectivity index (χ1v) is 10.5. The molecule has 1 aromatic rings. The van der Waals surface area contributed by atoms with Gasteiger partial charge in [-0.2, -0.15) is 0 Å². The van der Waals surface area contributed by atoms with Crippen LogP contribution in [0.2, 0.25) is 25.7 Å². The number of hydrogen-bond acceptors (Lipinski definition) is 3. The van der Waals surface area contributed by atoms with Gasteiger partial charge < -0.3 is 9.84 Å². The smallest absolute Gasteiger partial charge is 0.327 e. The van der Waals surface area contributed by atoms with Gasteiger partial charge in [0.05, 0.1) is 6.61 Å². The van der Waals surface area contributed by atoms with E-state index in [9.17, 15) is 19.1 Å². The first-order chi connectivity index (χ1) is 9.65. The standard InChI is InChI=1S/C15H21FO4Si/c1-5-20-14(19)15(13(17)18,10-21(2,3)4)11-8-6-7-9-12(11)16/h6-9H,5,10H2,1-4H3,(H,17,18). The van der Waals surface area contributed by atoms with Crippen molar-refractivity contribution in [3.05, 3.63) is 35.6 Å². The lowest BCUT2D eigenvalue weighted by Gasteiger charge is -2.32. The largest absolute Gasteiger partial charge is 0.480 e. The van der Waals surface area contributed by atoms with E-state index in [1.807, 2.05) is 19.6 Å². The van der Waals surface area contributed by atoms with Crippen molar-refractivity contribution < 1.29 is 23.8 Å². The van der Waals surface area contributed by atoms with E-state index in [4.69, 9.17) is 4.74 Å². The molecule has 0 fully saturated rings. The molecule has 0 saturated heterocycles. The van der Waals surface area contributed by atoms with Crippen LogP contribution >= 0.6 is 0 Å². The van der Waals surface area contributed by atoms with Crippen molar-refractivity contribution >= 4 is 20.0 Å². The van der Waals surface area contributed by atoms with Crippen LogP contribution in [-0.4, -0.2) is 31.7 Å². The number of halogens is 1. The van der Waals surface area contributed by atoms with E-state index in [2.05, 4.69) is 0 Å². The Balaban J connectivity index is 3.56. The molecule has 1 atom stereocenters. The lowest BCUT2D eigenvalue weighted by atomic mass is 9.81. The quantitative estimate of drug-likeness (QED) is 0.498. The van der Waals surface area contributed by atoms with Crippen molar-refractivity contribution in [3.63, 3.8) is 0 Å². The summed E-state index contributed by atoms with van der Waals surface area (Å²) in [6.07, 6.45) is 0. The third-order valence-corrected chi connectivity index (χ3v) is 4.71. The number of carboxylic acids is 1. The molecule has 1 unspecified atom stereocenters. The van der Waals surface area contributed by atoms with E-state index in [0.717, 1.165) is 6.07 Å². The Morgan fingerprint density at radius 3 is 2.29 bits per heavy atom. The van der Waals surface area contributed by atoms with E-state index < -0.39 is 31.2 Å². The van der Waals surface area contributed by atoms with Gasteiger partial charge in [-0.1, -0.05) is 37.8 Å². The molecule has 0 heterocycles. The Labute approximate surface area is 124 Å². The number of rotatable bonds is 6. The molecule has 0 aliphatic carbocycles. The van der Waals surface area contributed by atoms with Crippen LogP contribution in [-0.2, 0) is 19.7 Å². The molecule has 1 N–H and O–H groups in total. The molecular formula is C15H21FO4Si. The minimum atomic E-state index is -2.00. The van der Waals surface area contributed by atoms with Crippen LogP contribution in [0.25, 0.3) is 0 Å². The first kappa shape index (κ1) is 17.4. The van der Waals surface area contributed by atoms with Gasteiger partial charge in [0.25, 0.3) is 0 Å². The van der Waals surface area contributed by atoms with Crippen LogP contribution in [0, 0.1) is 5.82 Å². The van der Waals surface area contributed by atoms with Gasteiger partial charge in [0, 0.05) is 13.6 Å². The molecule has 0 spiro atoms. The molecule has 0 bridgehead atoms. The number of carbonyl (C=O) groups excluding carboxylic acids is 1. The van der Waals surface area contributed by atoms with Gasteiger partial charge in [-0.25, -0.2) is 4.39 Å². The highest BCUT2D eigenvalue weighted by Crippen LogP contribution is 2.37. The van der Waals surface area contributed by atoms with Gasteiger partial charge in [-0.15, -0.1) is 0 Å². The molecule has 0 amide bonds. The average Bonchev–Trinajstić information content (AvgIpc) is 2.35. The summed E-state index contributed by atoms with van der Waals surface area (Å²) >= 11 is 0. The van der Waals surface area contributed by atoms with Crippen LogP contribution in [0.4, 0.5) is 4.39 Å². The first-order valence-electron chi connectivity index (χ1n) is 6.81. The summed E-state index contributed by atoms with van der Waals surface area (Å²) in [4.78, 5) is 24.3. The zero-order valence-corrected chi connectivity index (χ0v) is 13.8. The molecule has 1 aromatic carbocycles. The highest BCUT2D eigenvalue weighted by Gasteiger charge is 2.53. The van der Waals surface area contributed by atoms with Crippen molar-refractivity contribution in [3.8, 4) is 0 Å². The Kier molecular flexibility index (Phi) is 5.28. The van der Waals surface area contributed by atoms with E-state index in [1.165, 1.54) is 18.2 Å². The third-order valence-electron chi connectivity index (χ3n) is 3.12. The molecule has 116 valence electrons. The second-order valence-electron chi connectivity index (χ2n) is 6.15. The Bertz CT molecular complexity index is 539. The number of aliphatic carboxylic acids is 1. The number of hydrogen-bond donors (Lipinski definition) is 1. The highest BCUT2D eigenvalue weighted by molar-refractivity contribution is 6.77. The second-order valence-corrected chi connectivity index (χ2v) is 11.6. The molecule has 0 aliphatic heterocycles. The molecule has 0 aromatic heterocycles.